The maximum absolute atomic E-state index is 13.7. The topological polar surface area (TPSA) is 38.3 Å². The van der Waals surface area contributed by atoms with E-state index in [1.54, 1.807) is 6.07 Å². The second-order valence-corrected chi connectivity index (χ2v) is 3.90. The van der Waals surface area contributed by atoms with Crippen molar-refractivity contribution in [3.63, 3.8) is 0 Å². The number of benzene rings is 1. The van der Waals surface area contributed by atoms with Crippen LogP contribution in [0, 0.1) is 5.82 Å². The highest BCUT2D eigenvalue weighted by molar-refractivity contribution is 5.98. The van der Waals surface area contributed by atoms with Gasteiger partial charge in [-0.05, 0) is 25.0 Å². The number of Topliss-reactive ketones (excluding diaryl/α,β-unsaturated/α-hetero) is 1. The molecule has 0 atom stereocenters. The molecule has 3 nitrogen and oxygen atoms in total. The van der Waals surface area contributed by atoms with Crippen molar-refractivity contribution < 1.29 is 13.9 Å². The van der Waals surface area contributed by atoms with Gasteiger partial charge in [-0.2, -0.15) is 0 Å². The van der Waals surface area contributed by atoms with E-state index in [9.17, 15) is 9.18 Å². The maximum atomic E-state index is 13.7. The second kappa shape index (κ2) is 4.61. The van der Waals surface area contributed by atoms with Crippen LogP contribution in [0.25, 0.3) is 0 Å². The molecule has 0 heterocycles. The molecule has 0 bridgehead atoms. The third-order valence-electron chi connectivity index (χ3n) is 2.61. The lowest BCUT2D eigenvalue weighted by atomic mass is 10.1. The predicted molar refractivity (Wildman–Crippen MR) is 58.3 cm³/mol. The van der Waals surface area contributed by atoms with Crippen LogP contribution in [-0.2, 0) is 0 Å². The van der Waals surface area contributed by atoms with Gasteiger partial charge in [-0.15, -0.1) is 0 Å². The Morgan fingerprint density at radius 2 is 2.31 bits per heavy atom. The second-order valence-electron chi connectivity index (χ2n) is 3.90. The number of nitrogens with one attached hydrogen (secondary N) is 1. The van der Waals surface area contributed by atoms with E-state index in [1.807, 2.05) is 0 Å². The Hall–Kier alpha value is -1.42. The summed E-state index contributed by atoms with van der Waals surface area (Å²) in [7, 11) is 1.38. The summed E-state index contributed by atoms with van der Waals surface area (Å²) in [6.45, 7) is 0.189. The van der Waals surface area contributed by atoms with Gasteiger partial charge in [0.2, 0.25) is 0 Å². The molecule has 4 heteroatoms. The normalized spacial score (nSPS) is 14.9. The van der Waals surface area contributed by atoms with Crippen LogP contribution in [-0.4, -0.2) is 25.5 Å². The Morgan fingerprint density at radius 3 is 2.94 bits per heavy atom. The maximum Gasteiger partial charge on any atom is 0.179 e. The van der Waals surface area contributed by atoms with Gasteiger partial charge in [0.1, 0.15) is 0 Å². The van der Waals surface area contributed by atoms with Gasteiger partial charge >= 0.3 is 0 Å². The summed E-state index contributed by atoms with van der Waals surface area (Å²) in [4.78, 5) is 11.7. The van der Waals surface area contributed by atoms with E-state index in [4.69, 9.17) is 4.74 Å². The molecule has 1 fully saturated rings. The first-order valence-electron chi connectivity index (χ1n) is 5.31. The smallest absolute Gasteiger partial charge is 0.179 e. The van der Waals surface area contributed by atoms with Crippen LogP contribution in [0.5, 0.6) is 5.75 Å². The zero-order chi connectivity index (χ0) is 11.5. The molecule has 16 heavy (non-hydrogen) atoms. The highest BCUT2D eigenvalue weighted by Gasteiger charge is 2.22. The summed E-state index contributed by atoms with van der Waals surface area (Å²) in [6, 6.07) is 5.04. The lowest BCUT2D eigenvalue weighted by molar-refractivity contribution is 0.0986. The fraction of sp³-hybridized carbons (Fsp3) is 0.417. The molecule has 0 radical (unpaired) electrons. The molecule has 0 saturated heterocycles. The Bertz CT molecular complexity index is 402. The average molecular weight is 223 g/mol. The van der Waals surface area contributed by atoms with Crippen molar-refractivity contribution in [2.24, 2.45) is 0 Å². The molecule has 0 spiro atoms. The van der Waals surface area contributed by atoms with E-state index in [0.29, 0.717) is 6.04 Å². The van der Waals surface area contributed by atoms with E-state index in [0.717, 1.165) is 12.8 Å². The number of rotatable bonds is 5. The predicted octanol–water partition coefficient (Wildman–Crippen LogP) is 1.77. The van der Waals surface area contributed by atoms with Crippen molar-refractivity contribution in [2.75, 3.05) is 13.7 Å². The van der Waals surface area contributed by atoms with Crippen LogP contribution in [0.15, 0.2) is 18.2 Å². The molecule has 1 aliphatic rings. The van der Waals surface area contributed by atoms with Crippen LogP contribution >= 0.6 is 0 Å². The first kappa shape index (κ1) is 11.1. The van der Waals surface area contributed by atoms with Crippen molar-refractivity contribution in [1.29, 1.82) is 0 Å². The number of hydrogen-bond donors (Lipinski definition) is 1. The number of carbonyl (C=O) groups is 1. The number of ketones is 1. The lowest BCUT2D eigenvalue weighted by Crippen LogP contribution is -2.25. The average Bonchev–Trinajstić information content (AvgIpc) is 3.10. The summed E-state index contributed by atoms with van der Waals surface area (Å²) in [6.07, 6.45) is 2.21. The fourth-order valence-corrected chi connectivity index (χ4v) is 1.50. The van der Waals surface area contributed by atoms with Gasteiger partial charge in [-0.1, -0.05) is 6.07 Å². The molecular weight excluding hydrogens is 209 g/mol. The highest BCUT2D eigenvalue weighted by atomic mass is 19.1. The molecule has 1 aliphatic carbocycles. The van der Waals surface area contributed by atoms with Gasteiger partial charge in [0.15, 0.2) is 17.3 Å². The quantitative estimate of drug-likeness (QED) is 0.773. The highest BCUT2D eigenvalue weighted by Crippen LogP contribution is 2.21. The molecule has 1 aromatic rings. The fourth-order valence-electron chi connectivity index (χ4n) is 1.50. The Labute approximate surface area is 93.6 Å². The van der Waals surface area contributed by atoms with Crippen LogP contribution in [0.4, 0.5) is 4.39 Å². The standard InChI is InChI=1S/C12H14FNO2/c1-16-11-4-2-3-9(12(11)13)10(15)7-14-8-5-6-8/h2-4,8,14H,5-7H2,1H3. The van der Waals surface area contributed by atoms with Crippen LogP contribution < -0.4 is 10.1 Å². The van der Waals surface area contributed by atoms with Crippen molar-refractivity contribution in [1.82, 2.24) is 5.32 Å². The van der Waals surface area contributed by atoms with Crippen molar-refractivity contribution in [3.05, 3.63) is 29.6 Å². The Balaban J connectivity index is 2.08. The van der Waals surface area contributed by atoms with E-state index in [1.165, 1.54) is 19.2 Å². The number of ether oxygens (including phenoxy) is 1. The largest absolute Gasteiger partial charge is 0.494 e. The zero-order valence-corrected chi connectivity index (χ0v) is 9.13. The monoisotopic (exact) mass is 223 g/mol. The van der Waals surface area contributed by atoms with Crippen molar-refractivity contribution >= 4 is 5.78 Å². The minimum atomic E-state index is -0.576. The molecule has 2 rings (SSSR count). The molecule has 1 N–H and O–H groups in total. The number of carbonyl (C=O) groups excluding carboxylic acids is 1. The van der Waals surface area contributed by atoms with Crippen molar-refractivity contribution in [3.8, 4) is 5.75 Å². The molecule has 1 aromatic carbocycles. The zero-order valence-electron chi connectivity index (χ0n) is 9.13. The number of hydrogen-bond acceptors (Lipinski definition) is 3. The van der Waals surface area contributed by atoms with E-state index < -0.39 is 5.82 Å². The van der Waals surface area contributed by atoms with E-state index in [2.05, 4.69) is 5.32 Å². The van der Waals surface area contributed by atoms with E-state index in [-0.39, 0.29) is 23.6 Å². The minimum Gasteiger partial charge on any atom is -0.494 e. The molecule has 1 saturated carbocycles. The van der Waals surface area contributed by atoms with Crippen molar-refractivity contribution in [2.45, 2.75) is 18.9 Å². The minimum absolute atomic E-state index is 0.0903. The summed E-state index contributed by atoms with van der Waals surface area (Å²) < 4.78 is 18.5. The number of methoxy groups -OCH3 is 1. The van der Waals surface area contributed by atoms with Gasteiger partial charge in [0.05, 0.1) is 19.2 Å². The first-order valence-corrected chi connectivity index (χ1v) is 5.31. The molecular formula is C12H14FNO2. The van der Waals surface area contributed by atoms with Gasteiger partial charge in [0, 0.05) is 6.04 Å². The SMILES string of the molecule is COc1cccc(C(=O)CNC2CC2)c1F. The molecule has 86 valence electrons. The number of halogens is 1. The summed E-state index contributed by atoms with van der Waals surface area (Å²) in [5, 5.41) is 3.06. The van der Waals surface area contributed by atoms with Gasteiger partial charge < -0.3 is 10.1 Å². The van der Waals surface area contributed by atoms with Gasteiger partial charge in [-0.3, -0.25) is 4.79 Å². The van der Waals surface area contributed by atoms with Crippen LogP contribution in [0.1, 0.15) is 23.2 Å². The molecule has 0 aromatic heterocycles. The Morgan fingerprint density at radius 1 is 1.56 bits per heavy atom. The molecule has 0 unspecified atom stereocenters. The van der Waals surface area contributed by atoms with Gasteiger partial charge in [-0.25, -0.2) is 4.39 Å². The third kappa shape index (κ3) is 2.39. The van der Waals surface area contributed by atoms with Crippen LogP contribution in [0.3, 0.4) is 0 Å². The lowest BCUT2D eigenvalue weighted by Gasteiger charge is -2.06. The third-order valence-corrected chi connectivity index (χ3v) is 2.61. The molecule has 0 amide bonds. The van der Waals surface area contributed by atoms with Crippen LogP contribution in [0.2, 0.25) is 0 Å². The first-order chi connectivity index (χ1) is 7.72. The summed E-state index contributed by atoms with van der Waals surface area (Å²) >= 11 is 0. The summed E-state index contributed by atoms with van der Waals surface area (Å²) in [5.74, 6) is -0.701. The Kier molecular flexibility index (Phi) is 3.19. The summed E-state index contributed by atoms with van der Waals surface area (Å²) in [5.41, 5.74) is 0.0903. The molecule has 0 aliphatic heterocycles. The van der Waals surface area contributed by atoms with Gasteiger partial charge in [0.25, 0.3) is 0 Å². The van der Waals surface area contributed by atoms with E-state index >= 15 is 0 Å².